The highest BCUT2D eigenvalue weighted by Gasteiger charge is 2.14. The molecule has 0 fully saturated rings. The number of hydrogen-bond donors (Lipinski definition) is 0. The van der Waals surface area contributed by atoms with Crippen molar-refractivity contribution in [2.75, 3.05) is 0 Å². The van der Waals surface area contributed by atoms with Gasteiger partial charge in [0.2, 0.25) is 0 Å². The minimum atomic E-state index is -0.382. The second-order valence-corrected chi connectivity index (χ2v) is 7.33. The average Bonchev–Trinajstić information content (AvgIpc) is 2.72. The first-order valence-corrected chi connectivity index (χ1v) is 10.0. The molecule has 0 saturated heterocycles. The smallest absolute Gasteiger partial charge is 0.165 e. The van der Waals surface area contributed by atoms with E-state index in [-0.39, 0.29) is 17.3 Å². The van der Waals surface area contributed by atoms with Gasteiger partial charge in [-0.2, -0.15) is 0 Å². The van der Waals surface area contributed by atoms with Crippen LogP contribution in [0.2, 0.25) is 0 Å². The normalized spacial score (nSPS) is 15.6. The topological polar surface area (TPSA) is 26.3 Å². The number of benzene rings is 3. The van der Waals surface area contributed by atoms with Crippen molar-refractivity contribution < 1.29 is 13.9 Å². The fourth-order valence-electron chi connectivity index (χ4n) is 3.75. The van der Waals surface area contributed by atoms with E-state index in [2.05, 4.69) is 18.2 Å². The summed E-state index contributed by atoms with van der Waals surface area (Å²) in [5.74, 6) is 0.640. The largest absolute Gasteiger partial charge is 0.454 e. The quantitative estimate of drug-likeness (QED) is 0.498. The summed E-state index contributed by atoms with van der Waals surface area (Å²) in [6, 6.07) is 22.4. The number of carbonyl (C=O) groups excluding carboxylic acids is 1. The molecule has 0 radical (unpaired) electrons. The minimum absolute atomic E-state index is 0.200. The third-order valence-electron chi connectivity index (χ3n) is 5.21. The Morgan fingerprint density at radius 3 is 2.59 bits per heavy atom. The number of carbonyl (C=O) groups is 1. The molecule has 0 aromatic heterocycles. The highest BCUT2D eigenvalue weighted by atomic mass is 19.1. The molecule has 4 rings (SSSR count). The molecule has 0 spiro atoms. The van der Waals surface area contributed by atoms with Crippen molar-refractivity contribution >= 4 is 11.4 Å². The Morgan fingerprint density at radius 2 is 1.69 bits per heavy atom. The molecule has 2 nitrogen and oxygen atoms in total. The van der Waals surface area contributed by atoms with Crippen molar-refractivity contribution in [3.63, 3.8) is 0 Å². The van der Waals surface area contributed by atoms with Gasteiger partial charge in [-0.1, -0.05) is 48.5 Å². The number of para-hydroxylation sites is 1. The first-order valence-electron chi connectivity index (χ1n) is 10.0. The maximum Gasteiger partial charge on any atom is 0.165 e. The molecule has 0 atom stereocenters. The van der Waals surface area contributed by atoms with Crippen LogP contribution in [-0.4, -0.2) is 5.78 Å². The van der Waals surface area contributed by atoms with Crippen LogP contribution in [-0.2, 0) is 17.6 Å². The second-order valence-electron chi connectivity index (χ2n) is 7.33. The van der Waals surface area contributed by atoms with E-state index in [1.807, 2.05) is 36.4 Å². The van der Waals surface area contributed by atoms with E-state index < -0.39 is 0 Å². The zero-order chi connectivity index (χ0) is 20.1. The summed E-state index contributed by atoms with van der Waals surface area (Å²) in [6.45, 7) is 0. The van der Waals surface area contributed by atoms with Crippen LogP contribution >= 0.6 is 0 Å². The van der Waals surface area contributed by atoms with E-state index in [1.165, 1.54) is 17.2 Å². The summed E-state index contributed by atoms with van der Waals surface area (Å²) in [5, 5.41) is 0. The van der Waals surface area contributed by atoms with Gasteiger partial charge in [0.05, 0.1) is 0 Å². The molecule has 0 unspecified atom stereocenters. The lowest BCUT2D eigenvalue weighted by Gasteiger charge is -2.16. The summed E-state index contributed by atoms with van der Waals surface area (Å²) < 4.78 is 19.6. The summed E-state index contributed by atoms with van der Waals surface area (Å²) in [4.78, 5) is 12.2. The van der Waals surface area contributed by atoms with Crippen LogP contribution in [0.4, 0.5) is 4.39 Å². The molecular formula is C26H23FO2. The fourth-order valence-corrected chi connectivity index (χ4v) is 3.75. The Labute approximate surface area is 170 Å². The van der Waals surface area contributed by atoms with Gasteiger partial charge >= 0.3 is 0 Å². The maximum atomic E-state index is 13.9. The van der Waals surface area contributed by atoms with Crippen molar-refractivity contribution in [2.24, 2.45) is 0 Å². The molecule has 0 aliphatic heterocycles. The standard InChI is InChI=1S/C26H23FO2/c27-25-13-3-4-14-26(25)29-23-11-5-7-19(17-23)15-16-21-18-22(28)10-6-9-20-8-1-2-12-24(20)21/h1-5,7-8,11-14,17-18H,6,9-10,15-16H2/b21-18-. The Hall–Kier alpha value is -3.20. The molecule has 29 heavy (non-hydrogen) atoms. The zero-order valence-corrected chi connectivity index (χ0v) is 16.2. The summed E-state index contributed by atoms with van der Waals surface area (Å²) in [6.07, 6.45) is 5.80. The van der Waals surface area contributed by atoms with E-state index in [0.29, 0.717) is 12.2 Å². The molecule has 3 aromatic rings. The predicted octanol–water partition coefficient (Wildman–Crippen LogP) is 6.54. The number of allylic oxidation sites excluding steroid dienone is 2. The highest BCUT2D eigenvalue weighted by molar-refractivity contribution is 5.97. The predicted molar refractivity (Wildman–Crippen MR) is 114 cm³/mol. The lowest BCUT2D eigenvalue weighted by Crippen LogP contribution is -2.04. The Bertz CT molecular complexity index is 1050. The second kappa shape index (κ2) is 8.87. The van der Waals surface area contributed by atoms with Gasteiger partial charge in [-0.05, 0) is 78.3 Å². The highest BCUT2D eigenvalue weighted by Crippen LogP contribution is 2.29. The molecule has 3 heteroatoms. The van der Waals surface area contributed by atoms with Gasteiger partial charge in [0.25, 0.3) is 0 Å². The number of ether oxygens (including phenoxy) is 1. The number of halogens is 1. The summed E-state index contributed by atoms with van der Waals surface area (Å²) in [7, 11) is 0. The van der Waals surface area contributed by atoms with Crippen LogP contribution in [0.5, 0.6) is 11.5 Å². The molecule has 146 valence electrons. The first-order chi connectivity index (χ1) is 14.2. The van der Waals surface area contributed by atoms with E-state index in [4.69, 9.17) is 4.74 Å². The summed E-state index contributed by atoms with van der Waals surface area (Å²) >= 11 is 0. The summed E-state index contributed by atoms with van der Waals surface area (Å²) in [5.41, 5.74) is 4.67. The van der Waals surface area contributed by atoms with Gasteiger partial charge in [-0.15, -0.1) is 0 Å². The maximum absolute atomic E-state index is 13.9. The number of rotatable bonds is 5. The Balaban J connectivity index is 1.52. The van der Waals surface area contributed by atoms with E-state index in [9.17, 15) is 9.18 Å². The van der Waals surface area contributed by atoms with E-state index in [0.717, 1.165) is 36.8 Å². The molecule has 0 heterocycles. The zero-order valence-electron chi connectivity index (χ0n) is 16.2. The van der Waals surface area contributed by atoms with E-state index in [1.54, 1.807) is 18.2 Å². The lowest BCUT2D eigenvalue weighted by molar-refractivity contribution is -0.114. The molecule has 1 aliphatic rings. The van der Waals surface area contributed by atoms with Crippen molar-refractivity contribution in [3.8, 4) is 11.5 Å². The molecule has 0 amide bonds. The molecule has 0 bridgehead atoms. The van der Waals surface area contributed by atoms with Gasteiger partial charge in [-0.25, -0.2) is 4.39 Å². The van der Waals surface area contributed by atoms with Crippen LogP contribution in [0.3, 0.4) is 0 Å². The van der Waals surface area contributed by atoms with Gasteiger partial charge in [0.1, 0.15) is 5.75 Å². The number of fused-ring (bicyclic) bond motifs is 1. The van der Waals surface area contributed by atoms with E-state index >= 15 is 0 Å². The first kappa shape index (κ1) is 19.1. The van der Waals surface area contributed by atoms with Crippen LogP contribution in [0.25, 0.3) is 5.57 Å². The van der Waals surface area contributed by atoms with Gasteiger partial charge in [-0.3, -0.25) is 4.79 Å². The van der Waals surface area contributed by atoms with Crippen LogP contribution in [0, 0.1) is 5.82 Å². The Morgan fingerprint density at radius 1 is 0.862 bits per heavy atom. The SMILES string of the molecule is O=C1/C=C(/CCc2cccc(Oc3ccccc3F)c2)c2ccccc2CCC1. The van der Waals surface area contributed by atoms with Gasteiger partial charge in [0, 0.05) is 6.42 Å². The van der Waals surface area contributed by atoms with Crippen molar-refractivity contribution in [2.45, 2.75) is 32.1 Å². The average molecular weight is 386 g/mol. The third kappa shape index (κ3) is 4.80. The lowest BCUT2D eigenvalue weighted by atomic mass is 9.89. The van der Waals surface area contributed by atoms with Crippen molar-refractivity contribution in [3.05, 3.63) is 101 Å². The molecule has 3 aromatic carbocycles. The molecule has 1 aliphatic carbocycles. The van der Waals surface area contributed by atoms with Crippen LogP contribution in [0.1, 0.15) is 36.0 Å². The third-order valence-corrected chi connectivity index (χ3v) is 5.21. The number of aryl methyl sites for hydroxylation is 2. The Kier molecular flexibility index (Phi) is 5.85. The number of hydrogen-bond acceptors (Lipinski definition) is 2. The van der Waals surface area contributed by atoms with Gasteiger partial charge < -0.3 is 4.74 Å². The fraction of sp³-hybridized carbons (Fsp3) is 0.192. The molecular weight excluding hydrogens is 363 g/mol. The molecule has 0 saturated carbocycles. The van der Waals surface area contributed by atoms with Gasteiger partial charge in [0.15, 0.2) is 17.3 Å². The van der Waals surface area contributed by atoms with Crippen molar-refractivity contribution in [1.82, 2.24) is 0 Å². The molecule has 0 N–H and O–H groups in total. The minimum Gasteiger partial charge on any atom is -0.454 e. The van der Waals surface area contributed by atoms with Crippen molar-refractivity contribution in [1.29, 1.82) is 0 Å². The number of ketones is 1. The van der Waals surface area contributed by atoms with Crippen LogP contribution < -0.4 is 4.74 Å². The monoisotopic (exact) mass is 386 g/mol. The van der Waals surface area contributed by atoms with Crippen LogP contribution in [0.15, 0.2) is 78.9 Å².